The normalized spacial score (nSPS) is 17.3. The minimum Gasteiger partial charge on any atom is -0.314 e. The van der Waals surface area contributed by atoms with Crippen molar-refractivity contribution in [3.8, 4) is 0 Å². The van der Waals surface area contributed by atoms with E-state index in [0.29, 0.717) is 12.1 Å². The van der Waals surface area contributed by atoms with E-state index >= 15 is 0 Å². The van der Waals surface area contributed by atoms with E-state index < -0.39 is 53.8 Å². The van der Waals surface area contributed by atoms with Gasteiger partial charge in [0, 0.05) is 24.2 Å². The monoisotopic (exact) mass is 448 g/mol. The Kier molecular flexibility index (Phi) is 6.01. The number of urea groups is 1. The third-order valence-electron chi connectivity index (χ3n) is 5.08. The Hall–Kier alpha value is -3.05. The maximum absolute atomic E-state index is 13.4. The van der Waals surface area contributed by atoms with Gasteiger partial charge in [-0.25, -0.2) is 18.0 Å². The van der Waals surface area contributed by atoms with Crippen LogP contribution in [0.1, 0.15) is 36.3 Å². The van der Waals surface area contributed by atoms with Crippen molar-refractivity contribution in [2.75, 3.05) is 5.32 Å². The molecule has 2 heterocycles. The van der Waals surface area contributed by atoms with Gasteiger partial charge in [0.15, 0.2) is 23.2 Å². The number of Topliss-reactive ketones (excluding diaryl/α,β-unsaturated/α-hetero) is 1. The lowest BCUT2D eigenvalue weighted by Gasteiger charge is -2.34. The first kappa shape index (κ1) is 22.6. The summed E-state index contributed by atoms with van der Waals surface area (Å²) in [6.07, 6.45) is -4.12. The van der Waals surface area contributed by atoms with Gasteiger partial charge in [-0.1, -0.05) is 6.92 Å². The topological polar surface area (TPSA) is 67.2 Å². The second-order valence-corrected chi connectivity index (χ2v) is 7.42. The molecule has 12 heteroatoms. The molecule has 1 aliphatic heterocycles. The summed E-state index contributed by atoms with van der Waals surface area (Å²) in [5.74, 6) is -7.24. The molecule has 0 fully saturated rings. The summed E-state index contributed by atoms with van der Waals surface area (Å²) < 4.78 is 79.7. The van der Waals surface area contributed by atoms with Crippen molar-refractivity contribution in [1.29, 1.82) is 0 Å². The Balaban J connectivity index is 1.78. The van der Waals surface area contributed by atoms with Crippen molar-refractivity contribution < 1.29 is 35.9 Å². The van der Waals surface area contributed by atoms with E-state index in [0.717, 1.165) is 6.92 Å². The van der Waals surface area contributed by atoms with E-state index in [9.17, 15) is 35.9 Å². The highest BCUT2D eigenvalue weighted by Gasteiger charge is 2.38. The fraction of sp³-hybridized carbons (Fsp3) is 0.421. The fourth-order valence-electron chi connectivity index (χ4n) is 3.23. The first-order valence-corrected chi connectivity index (χ1v) is 9.25. The van der Waals surface area contributed by atoms with Crippen LogP contribution in [-0.2, 0) is 13.1 Å². The molecule has 6 nitrogen and oxygen atoms in total. The summed E-state index contributed by atoms with van der Waals surface area (Å²) in [7, 11) is 0. The summed E-state index contributed by atoms with van der Waals surface area (Å²) in [4.78, 5) is 26.3. The van der Waals surface area contributed by atoms with Gasteiger partial charge in [0.1, 0.15) is 0 Å². The zero-order valence-electron chi connectivity index (χ0n) is 16.4. The smallest absolute Gasteiger partial charge is 0.314 e. The maximum Gasteiger partial charge on any atom is 0.391 e. The van der Waals surface area contributed by atoms with Crippen molar-refractivity contribution in [1.82, 2.24) is 14.7 Å². The number of aromatic nitrogens is 2. The lowest BCUT2D eigenvalue weighted by molar-refractivity contribution is -0.168. The number of fused-ring (bicyclic) bond motifs is 1. The van der Waals surface area contributed by atoms with Gasteiger partial charge >= 0.3 is 12.2 Å². The lowest BCUT2D eigenvalue weighted by atomic mass is 9.99. The van der Waals surface area contributed by atoms with Gasteiger partial charge < -0.3 is 10.2 Å². The van der Waals surface area contributed by atoms with Crippen LogP contribution in [0, 0.1) is 23.4 Å². The second kappa shape index (κ2) is 8.23. The zero-order chi connectivity index (χ0) is 23.1. The van der Waals surface area contributed by atoms with Crippen LogP contribution < -0.4 is 5.32 Å². The van der Waals surface area contributed by atoms with E-state index in [4.69, 9.17) is 0 Å². The average Bonchev–Trinajstić information content (AvgIpc) is 3.07. The first-order chi connectivity index (χ1) is 14.4. The van der Waals surface area contributed by atoms with E-state index in [1.807, 2.05) is 0 Å². The van der Waals surface area contributed by atoms with Crippen molar-refractivity contribution in [3.63, 3.8) is 0 Å². The van der Waals surface area contributed by atoms with Crippen LogP contribution >= 0.6 is 0 Å². The van der Waals surface area contributed by atoms with E-state index in [2.05, 4.69) is 10.4 Å². The summed E-state index contributed by atoms with van der Waals surface area (Å²) in [5.41, 5.74) is -0.0910. The number of carbonyl (C=O) groups is 2. The molecule has 0 unspecified atom stereocenters. The number of benzene rings is 1. The van der Waals surface area contributed by atoms with Crippen LogP contribution in [-0.4, -0.2) is 38.7 Å². The standard InChI is InChI=1S/C19H18F6N4O2/c1-9(19(23,24)25)3-16(30)12-6-26-29-7-10(2)28(8-15(12)29)18(31)27-11-4-13(20)17(22)14(21)5-11/h4-6,9-10H,3,7-8H2,1-2H3,(H,27,31)/t9-,10-/m0/s1. The number of nitrogens with one attached hydrogen (secondary N) is 1. The first-order valence-electron chi connectivity index (χ1n) is 9.25. The summed E-state index contributed by atoms with van der Waals surface area (Å²) in [6.45, 7) is 2.54. The fourth-order valence-corrected chi connectivity index (χ4v) is 3.23. The highest BCUT2D eigenvalue weighted by Crippen LogP contribution is 2.30. The van der Waals surface area contributed by atoms with E-state index in [1.165, 1.54) is 15.8 Å². The molecule has 2 atom stereocenters. The molecule has 0 saturated heterocycles. The van der Waals surface area contributed by atoms with Crippen LogP contribution in [0.15, 0.2) is 18.3 Å². The van der Waals surface area contributed by atoms with Crippen molar-refractivity contribution in [2.45, 2.75) is 45.6 Å². The number of alkyl halides is 3. The molecular formula is C19H18F6N4O2. The average molecular weight is 448 g/mol. The minimum atomic E-state index is -4.52. The number of anilines is 1. The molecule has 0 saturated carbocycles. The van der Waals surface area contributed by atoms with Crippen molar-refractivity contribution in [3.05, 3.63) is 47.0 Å². The molecular weight excluding hydrogens is 430 g/mol. The highest BCUT2D eigenvalue weighted by molar-refractivity contribution is 5.97. The third kappa shape index (κ3) is 4.67. The minimum absolute atomic E-state index is 0.0281. The Morgan fingerprint density at radius 2 is 1.84 bits per heavy atom. The molecule has 2 amide bonds. The molecule has 0 aliphatic carbocycles. The van der Waals surface area contributed by atoms with Gasteiger partial charge in [0.05, 0.1) is 42.5 Å². The van der Waals surface area contributed by atoms with Gasteiger partial charge in [0.2, 0.25) is 0 Å². The molecule has 0 bridgehead atoms. The van der Waals surface area contributed by atoms with E-state index in [1.54, 1.807) is 6.92 Å². The van der Waals surface area contributed by atoms with Crippen molar-refractivity contribution in [2.24, 2.45) is 5.92 Å². The molecule has 1 N–H and O–H groups in total. The number of nitrogens with zero attached hydrogens (tertiary/aromatic N) is 3. The number of hydrogen-bond donors (Lipinski definition) is 1. The molecule has 31 heavy (non-hydrogen) atoms. The summed E-state index contributed by atoms with van der Waals surface area (Å²) in [5, 5.41) is 6.28. The largest absolute Gasteiger partial charge is 0.391 e. The molecule has 3 rings (SSSR count). The maximum atomic E-state index is 13.4. The quantitative estimate of drug-likeness (QED) is 0.425. The number of amides is 2. The Labute approximate surface area is 172 Å². The highest BCUT2D eigenvalue weighted by atomic mass is 19.4. The van der Waals surface area contributed by atoms with Gasteiger partial charge in [-0.3, -0.25) is 9.48 Å². The summed E-state index contributed by atoms with van der Waals surface area (Å²) in [6, 6.07) is -0.0160. The van der Waals surface area contributed by atoms with Crippen molar-refractivity contribution >= 4 is 17.5 Å². The molecule has 2 aromatic rings. The Morgan fingerprint density at radius 1 is 1.23 bits per heavy atom. The van der Waals surface area contributed by atoms with Gasteiger partial charge in [0.25, 0.3) is 0 Å². The molecule has 0 spiro atoms. The molecule has 1 aromatic heterocycles. The third-order valence-corrected chi connectivity index (χ3v) is 5.08. The Bertz CT molecular complexity index is 996. The summed E-state index contributed by atoms with van der Waals surface area (Å²) >= 11 is 0. The lowest BCUT2D eigenvalue weighted by Crippen LogP contribution is -2.47. The van der Waals surface area contributed by atoms with Crippen LogP contribution in [0.4, 0.5) is 36.8 Å². The van der Waals surface area contributed by atoms with Gasteiger partial charge in [-0.2, -0.15) is 18.3 Å². The van der Waals surface area contributed by atoms with Crippen LogP contribution in [0.3, 0.4) is 0 Å². The SMILES string of the molecule is C[C@H]1Cn2ncc(C(=O)C[C@H](C)C(F)(F)F)c2CN1C(=O)Nc1cc(F)c(F)c(F)c1. The number of rotatable bonds is 4. The molecule has 0 radical (unpaired) electrons. The van der Waals surface area contributed by atoms with Crippen LogP contribution in [0.25, 0.3) is 0 Å². The molecule has 1 aliphatic rings. The number of carbonyl (C=O) groups excluding carboxylic acids is 2. The van der Waals surface area contributed by atoms with Crippen LogP contribution in [0.5, 0.6) is 0 Å². The number of ketones is 1. The van der Waals surface area contributed by atoms with Gasteiger partial charge in [-0.15, -0.1) is 0 Å². The Morgan fingerprint density at radius 3 is 2.42 bits per heavy atom. The van der Waals surface area contributed by atoms with Gasteiger partial charge in [-0.05, 0) is 6.92 Å². The van der Waals surface area contributed by atoms with E-state index in [-0.39, 0.29) is 30.0 Å². The number of hydrogen-bond acceptors (Lipinski definition) is 3. The second-order valence-electron chi connectivity index (χ2n) is 7.42. The predicted octanol–water partition coefficient (Wildman–Crippen LogP) is 4.51. The van der Waals surface area contributed by atoms with Crippen LogP contribution in [0.2, 0.25) is 0 Å². The molecule has 1 aromatic carbocycles. The predicted molar refractivity (Wildman–Crippen MR) is 96.7 cm³/mol. The zero-order valence-corrected chi connectivity index (χ0v) is 16.4. The molecule has 168 valence electrons. The number of halogens is 6.